The van der Waals surface area contributed by atoms with Crippen molar-refractivity contribution in [2.45, 2.75) is 47.5 Å². The maximum Gasteiger partial charge on any atom is 0.345 e. The van der Waals surface area contributed by atoms with Crippen molar-refractivity contribution in [3.8, 4) is 0 Å². The van der Waals surface area contributed by atoms with Gasteiger partial charge in [-0.2, -0.15) is 0 Å². The Morgan fingerprint density at radius 2 is 1.58 bits per heavy atom. The topological polar surface area (TPSA) is 52.6 Å². The van der Waals surface area contributed by atoms with Crippen molar-refractivity contribution in [2.24, 2.45) is 17.3 Å². The second-order valence-electron chi connectivity index (χ2n) is 7.12. The molecule has 4 heteroatoms. The van der Waals surface area contributed by atoms with Crippen LogP contribution in [0.25, 0.3) is 0 Å². The molecule has 4 nitrogen and oxygen atoms in total. The molecule has 0 saturated heterocycles. The summed E-state index contributed by atoms with van der Waals surface area (Å²) in [5, 5.41) is 0. The first-order chi connectivity index (χ1) is 11.3. The Morgan fingerprint density at radius 3 is 1.96 bits per heavy atom. The first kappa shape index (κ1) is 20.2. The average molecular weight is 334 g/mol. The van der Waals surface area contributed by atoms with E-state index in [2.05, 4.69) is 0 Å². The second-order valence-corrected chi connectivity index (χ2v) is 7.12. The lowest BCUT2D eigenvalue weighted by Gasteiger charge is -2.27. The van der Waals surface area contributed by atoms with Crippen LogP contribution in [0.1, 0.15) is 47.5 Å². The summed E-state index contributed by atoms with van der Waals surface area (Å²) in [6.07, 6.45) is 11.2. The fourth-order valence-electron chi connectivity index (χ4n) is 2.28. The summed E-state index contributed by atoms with van der Waals surface area (Å²) in [5.41, 5.74) is -0.351. The van der Waals surface area contributed by atoms with Gasteiger partial charge in [-0.05, 0) is 24.7 Å². The van der Waals surface area contributed by atoms with E-state index in [-0.39, 0.29) is 36.0 Å². The molecule has 0 aromatic heterocycles. The molecule has 0 amide bonds. The first-order valence-electron chi connectivity index (χ1n) is 8.71. The van der Waals surface area contributed by atoms with Crippen LogP contribution in [0.2, 0.25) is 0 Å². The van der Waals surface area contributed by atoms with Gasteiger partial charge in [0.25, 0.3) is 0 Å². The van der Waals surface area contributed by atoms with Gasteiger partial charge >= 0.3 is 11.9 Å². The number of esters is 2. The Balaban J connectivity index is 3.04. The van der Waals surface area contributed by atoms with Crippen molar-refractivity contribution in [1.82, 2.24) is 0 Å². The molecule has 0 saturated carbocycles. The average Bonchev–Trinajstić information content (AvgIpc) is 2.56. The minimum Gasteiger partial charge on any atom is -0.462 e. The van der Waals surface area contributed by atoms with Gasteiger partial charge in [-0.1, -0.05) is 65.0 Å². The predicted molar refractivity (Wildman–Crippen MR) is 95.3 cm³/mol. The maximum absolute atomic E-state index is 12.4. The number of rotatable bonds is 8. The van der Waals surface area contributed by atoms with E-state index in [0.717, 1.165) is 12.8 Å². The normalized spacial score (nSPS) is 19.5. The van der Waals surface area contributed by atoms with Gasteiger partial charge in [-0.3, -0.25) is 0 Å². The summed E-state index contributed by atoms with van der Waals surface area (Å²) < 4.78 is 10.5. The maximum atomic E-state index is 12.4. The fourth-order valence-corrected chi connectivity index (χ4v) is 2.28. The van der Waals surface area contributed by atoms with E-state index in [1.165, 1.54) is 0 Å². The van der Waals surface area contributed by atoms with E-state index in [1.54, 1.807) is 6.08 Å². The summed E-state index contributed by atoms with van der Waals surface area (Å²) in [5.74, 6) is -0.791. The SMILES string of the molecule is CCC1(C=C(C(=O)OCC(C)C)C(=O)OCC(C)C)C=CC=CC1. The van der Waals surface area contributed by atoms with Crippen LogP contribution in [-0.4, -0.2) is 25.2 Å². The van der Waals surface area contributed by atoms with E-state index in [0.29, 0.717) is 0 Å². The van der Waals surface area contributed by atoms with Crippen LogP contribution in [-0.2, 0) is 19.1 Å². The van der Waals surface area contributed by atoms with Crippen LogP contribution < -0.4 is 0 Å². The van der Waals surface area contributed by atoms with Crippen LogP contribution in [0, 0.1) is 17.3 Å². The zero-order chi connectivity index (χ0) is 18.2. The molecule has 0 bridgehead atoms. The van der Waals surface area contributed by atoms with Crippen LogP contribution in [0.3, 0.4) is 0 Å². The third-order valence-corrected chi connectivity index (χ3v) is 3.80. The molecule has 24 heavy (non-hydrogen) atoms. The van der Waals surface area contributed by atoms with E-state index in [1.807, 2.05) is 58.9 Å². The lowest BCUT2D eigenvalue weighted by atomic mass is 9.78. The van der Waals surface area contributed by atoms with Gasteiger partial charge in [0.2, 0.25) is 0 Å². The molecule has 0 heterocycles. The quantitative estimate of drug-likeness (QED) is 0.288. The van der Waals surface area contributed by atoms with E-state index >= 15 is 0 Å². The number of carbonyl (C=O) groups is 2. The Bertz CT molecular complexity index is 500. The summed E-state index contributed by atoms with van der Waals surface area (Å²) in [7, 11) is 0. The van der Waals surface area contributed by atoms with Crippen molar-refractivity contribution < 1.29 is 19.1 Å². The number of hydrogen-bond acceptors (Lipinski definition) is 4. The Labute approximate surface area is 145 Å². The summed E-state index contributed by atoms with van der Waals surface area (Å²) in [6, 6.07) is 0. The number of hydrogen-bond donors (Lipinski definition) is 0. The van der Waals surface area contributed by atoms with Crippen molar-refractivity contribution in [3.63, 3.8) is 0 Å². The van der Waals surface area contributed by atoms with Crippen LogP contribution in [0.4, 0.5) is 0 Å². The molecule has 1 rings (SSSR count). The molecule has 1 aliphatic rings. The van der Waals surface area contributed by atoms with Gasteiger partial charge in [0.05, 0.1) is 13.2 Å². The Kier molecular flexibility index (Phi) is 7.96. The minimum absolute atomic E-state index is 0.00176. The molecular weight excluding hydrogens is 304 g/mol. The molecule has 0 aromatic rings. The van der Waals surface area contributed by atoms with Crippen molar-refractivity contribution in [1.29, 1.82) is 0 Å². The number of ether oxygens (including phenoxy) is 2. The van der Waals surface area contributed by atoms with E-state index < -0.39 is 11.9 Å². The van der Waals surface area contributed by atoms with Crippen LogP contribution in [0.15, 0.2) is 36.0 Å². The predicted octanol–water partition coefficient (Wildman–Crippen LogP) is 4.22. The van der Waals surface area contributed by atoms with Gasteiger partial charge in [-0.15, -0.1) is 0 Å². The number of allylic oxidation sites excluding steroid dienone is 5. The second kappa shape index (κ2) is 9.45. The Hall–Kier alpha value is -1.84. The highest BCUT2D eigenvalue weighted by molar-refractivity contribution is 6.14. The highest BCUT2D eigenvalue weighted by Gasteiger charge is 2.30. The molecule has 1 atom stereocenters. The molecule has 134 valence electrons. The van der Waals surface area contributed by atoms with Gasteiger partial charge in [-0.25, -0.2) is 9.59 Å². The standard InChI is InChI=1S/C20H30O4/c1-6-20(10-8-7-9-11-20)12-17(18(21)23-13-15(2)3)19(22)24-14-16(4)5/h7-10,12,15-16H,6,11,13-14H2,1-5H3. The molecule has 0 radical (unpaired) electrons. The lowest BCUT2D eigenvalue weighted by molar-refractivity contribution is -0.148. The van der Waals surface area contributed by atoms with Crippen LogP contribution in [0.5, 0.6) is 0 Å². The summed E-state index contributed by atoms with van der Waals surface area (Å²) >= 11 is 0. The van der Waals surface area contributed by atoms with Gasteiger partial charge in [0.1, 0.15) is 5.57 Å². The smallest absolute Gasteiger partial charge is 0.345 e. The lowest BCUT2D eigenvalue weighted by Crippen LogP contribution is -2.25. The Morgan fingerprint density at radius 1 is 1.04 bits per heavy atom. The molecule has 0 spiro atoms. The van der Waals surface area contributed by atoms with Crippen molar-refractivity contribution in [2.75, 3.05) is 13.2 Å². The summed E-state index contributed by atoms with van der Waals surface area (Å²) in [4.78, 5) is 24.9. The minimum atomic E-state index is -0.603. The molecule has 1 unspecified atom stereocenters. The third-order valence-electron chi connectivity index (χ3n) is 3.80. The third kappa shape index (κ3) is 6.34. The summed E-state index contributed by atoms with van der Waals surface area (Å²) in [6.45, 7) is 10.4. The zero-order valence-corrected chi connectivity index (χ0v) is 15.5. The molecule has 0 N–H and O–H groups in total. The van der Waals surface area contributed by atoms with Gasteiger partial charge < -0.3 is 9.47 Å². The van der Waals surface area contributed by atoms with E-state index in [9.17, 15) is 9.59 Å². The zero-order valence-electron chi connectivity index (χ0n) is 15.5. The largest absolute Gasteiger partial charge is 0.462 e. The molecule has 0 fully saturated rings. The van der Waals surface area contributed by atoms with Gasteiger partial charge in [0.15, 0.2) is 0 Å². The van der Waals surface area contributed by atoms with E-state index in [4.69, 9.17) is 9.47 Å². The number of carbonyl (C=O) groups excluding carboxylic acids is 2. The van der Waals surface area contributed by atoms with Crippen LogP contribution >= 0.6 is 0 Å². The molecule has 1 aliphatic carbocycles. The molecule has 0 aromatic carbocycles. The van der Waals surface area contributed by atoms with Crippen molar-refractivity contribution >= 4 is 11.9 Å². The molecule has 0 aliphatic heterocycles. The monoisotopic (exact) mass is 334 g/mol. The first-order valence-corrected chi connectivity index (χ1v) is 8.71. The fraction of sp³-hybridized carbons (Fsp3) is 0.600. The van der Waals surface area contributed by atoms with Gasteiger partial charge in [0, 0.05) is 5.41 Å². The van der Waals surface area contributed by atoms with Crippen molar-refractivity contribution in [3.05, 3.63) is 36.0 Å². The highest BCUT2D eigenvalue weighted by Crippen LogP contribution is 2.34. The molecular formula is C20H30O4. The highest BCUT2D eigenvalue weighted by atomic mass is 16.6.